The zero-order valence-electron chi connectivity index (χ0n) is 37.3. The monoisotopic (exact) mass is 870 g/mol. The Morgan fingerprint density at radius 3 is 1.56 bits per heavy atom. The van der Waals surface area contributed by atoms with Crippen LogP contribution in [0.4, 0.5) is 17.1 Å². The van der Waals surface area contributed by atoms with Gasteiger partial charge in [-0.05, 0) is 159 Å². The number of aromatic nitrogens is 1. The SMILES string of the molecule is CCCCCCc1ccc(-n2c3ccccc3c3ccc(-c4ccc(N(c5ccc6c(c5)C(C)(C)c5cc(Cl)ccc5-6)c5ccc6c(c5)C(C)(C)c5cc(Cl)ccc5-6)cc4)cc32)cc1. The van der Waals surface area contributed by atoms with Crippen molar-refractivity contribution in [3.05, 3.63) is 202 Å². The van der Waals surface area contributed by atoms with Crippen molar-refractivity contribution in [2.75, 3.05) is 4.90 Å². The number of anilines is 3. The van der Waals surface area contributed by atoms with Gasteiger partial charge in [0.15, 0.2) is 0 Å². The zero-order valence-corrected chi connectivity index (χ0v) is 38.8. The van der Waals surface area contributed by atoms with Crippen LogP contribution in [0, 0.1) is 0 Å². The molecular weight excluding hydrogens is 820 g/mol. The third-order valence-electron chi connectivity index (χ3n) is 14.4. The fourth-order valence-electron chi connectivity index (χ4n) is 10.9. The van der Waals surface area contributed by atoms with E-state index in [2.05, 4.69) is 196 Å². The molecule has 0 atom stereocenters. The van der Waals surface area contributed by atoms with Gasteiger partial charge in [0.05, 0.1) is 11.0 Å². The topological polar surface area (TPSA) is 8.17 Å². The normalized spacial score (nSPS) is 14.1. The summed E-state index contributed by atoms with van der Waals surface area (Å²) in [7, 11) is 0. The van der Waals surface area contributed by atoms with Crippen LogP contribution in [-0.2, 0) is 17.3 Å². The second-order valence-corrected chi connectivity index (χ2v) is 19.9. The number of hydrogen-bond acceptors (Lipinski definition) is 1. The average Bonchev–Trinajstić information content (AvgIpc) is 3.84. The van der Waals surface area contributed by atoms with Crippen LogP contribution in [0.15, 0.2) is 164 Å². The molecule has 8 aromatic carbocycles. The van der Waals surface area contributed by atoms with Crippen molar-refractivity contribution in [3.63, 3.8) is 0 Å². The van der Waals surface area contributed by atoms with Gasteiger partial charge in [0.2, 0.25) is 0 Å². The standard InChI is InChI=1S/C60H52Cl2N2/c1-6-7-8-9-12-38-15-22-44(23-16-38)64-57-14-11-10-13-51(57)52-28-19-40(33-58(52)64)39-17-24-43(25-18-39)63(45-26-31-49-47-29-20-41(61)34-53(47)59(2,3)55(49)36-45)46-27-32-50-48-30-21-42(62)35-54(48)60(4,5)56(50)37-46/h10-11,13-37H,6-9,12H2,1-5H3. The molecule has 316 valence electrons. The van der Waals surface area contributed by atoms with Crippen LogP contribution < -0.4 is 4.90 Å². The largest absolute Gasteiger partial charge is 0.310 e. The molecule has 2 nitrogen and oxygen atoms in total. The van der Waals surface area contributed by atoms with Crippen molar-refractivity contribution < 1.29 is 0 Å². The van der Waals surface area contributed by atoms with Crippen LogP contribution in [0.5, 0.6) is 0 Å². The minimum atomic E-state index is -0.209. The zero-order chi connectivity index (χ0) is 43.9. The molecular formula is C60H52Cl2N2. The Morgan fingerprint density at radius 1 is 0.453 bits per heavy atom. The summed E-state index contributed by atoms with van der Waals surface area (Å²) >= 11 is 13.2. The molecule has 0 unspecified atom stereocenters. The molecule has 4 heteroatoms. The summed E-state index contributed by atoms with van der Waals surface area (Å²) in [5.74, 6) is 0. The maximum absolute atomic E-state index is 6.60. The maximum Gasteiger partial charge on any atom is 0.0547 e. The number of aryl methyl sites for hydroxylation is 1. The van der Waals surface area contributed by atoms with Gasteiger partial charge in [-0.3, -0.25) is 0 Å². The lowest BCUT2D eigenvalue weighted by molar-refractivity contribution is 0.660. The summed E-state index contributed by atoms with van der Waals surface area (Å²) in [4.78, 5) is 2.43. The number of nitrogens with zero attached hydrogens (tertiary/aromatic N) is 2. The molecule has 1 heterocycles. The van der Waals surface area contributed by atoms with E-state index in [1.807, 2.05) is 12.1 Å². The molecule has 2 aliphatic carbocycles. The van der Waals surface area contributed by atoms with Crippen LogP contribution in [0.3, 0.4) is 0 Å². The summed E-state index contributed by atoms with van der Waals surface area (Å²) in [5, 5.41) is 4.07. The average molecular weight is 872 g/mol. The van der Waals surface area contributed by atoms with E-state index < -0.39 is 0 Å². The van der Waals surface area contributed by atoms with Gasteiger partial charge in [-0.25, -0.2) is 0 Å². The highest BCUT2D eigenvalue weighted by Gasteiger charge is 2.38. The molecule has 0 saturated carbocycles. The van der Waals surface area contributed by atoms with Crippen molar-refractivity contribution in [3.8, 4) is 39.1 Å². The molecule has 0 N–H and O–H groups in total. The van der Waals surface area contributed by atoms with Crippen LogP contribution in [-0.4, -0.2) is 4.57 Å². The molecule has 1 aromatic heterocycles. The van der Waals surface area contributed by atoms with Crippen LogP contribution in [0.1, 0.15) is 88.1 Å². The van der Waals surface area contributed by atoms with E-state index in [4.69, 9.17) is 23.2 Å². The molecule has 0 fully saturated rings. The van der Waals surface area contributed by atoms with E-state index in [-0.39, 0.29) is 10.8 Å². The Bertz CT molecular complexity index is 3160. The minimum absolute atomic E-state index is 0.209. The van der Waals surface area contributed by atoms with Gasteiger partial charge in [0.1, 0.15) is 0 Å². The Balaban J connectivity index is 1.00. The van der Waals surface area contributed by atoms with Crippen molar-refractivity contribution in [2.45, 2.75) is 77.6 Å². The van der Waals surface area contributed by atoms with Gasteiger partial charge in [0, 0.05) is 54.4 Å². The van der Waals surface area contributed by atoms with Crippen molar-refractivity contribution in [1.29, 1.82) is 0 Å². The predicted molar refractivity (Wildman–Crippen MR) is 274 cm³/mol. The number of rotatable bonds is 10. The van der Waals surface area contributed by atoms with E-state index in [1.54, 1.807) is 0 Å². The van der Waals surface area contributed by atoms with Crippen molar-refractivity contribution in [1.82, 2.24) is 4.57 Å². The molecule has 0 amide bonds. The first-order valence-electron chi connectivity index (χ1n) is 22.9. The van der Waals surface area contributed by atoms with Crippen molar-refractivity contribution in [2.24, 2.45) is 0 Å². The molecule has 9 aromatic rings. The first-order chi connectivity index (χ1) is 31.0. The van der Waals surface area contributed by atoms with Gasteiger partial charge in [-0.1, -0.05) is 156 Å². The second kappa shape index (κ2) is 15.6. The van der Waals surface area contributed by atoms with Gasteiger partial charge in [-0.2, -0.15) is 0 Å². The molecule has 0 aliphatic heterocycles. The van der Waals surface area contributed by atoms with E-state index in [0.717, 1.165) is 33.5 Å². The Labute approximate surface area is 387 Å². The Morgan fingerprint density at radius 2 is 0.969 bits per heavy atom. The van der Waals surface area contributed by atoms with Crippen LogP contribution in [0.2, 0.25) is 10.0 Å². The molecule has 64 heavy (non-hydrogen) atoms. The number of para-hydroxylation sites is 1. The number of fused-ring (bicyclic) bond motifs is 9. The predicted octanol–water partition coefficient (Wildman–Crippen LogP) is 18.0. The lowest BCUT2D eigenvalue weighted by atomic mass is 9.82. The summed E-state index contributed by atoms with van der Waals surface area (Å²) in [6.45, 7) is 11.5. The third kappa shape index (κ3) is 6.60. The van der Waals surface area contributed by atoms with Crippen LogP contribution >= 0.6 is 23.2 Å². The third-order valence-corrected chi connectivity index (χ3v) is 14.9. The number of benzene rings is 8. The quantitative estimate of drug-likeness (QED) is 0.124. The fourth-order valence-corrected chi connectivity index (χ4v) is 11.3. The highest BCUT2D eigenvalue weighted by atomic mass is 35.5. The summed E-state index contributed by atoms with van der Waals surface area (Å²) in [6, 6.07) is 60.8. The number of unbranched alkanes of at least 4 members (excludes halogenated alkanes) is 3. The first-order valence-corrected chi connectivity index (χ1v) is 23.7. The fraction of sp³-hybridized carbons (Fsp3) is 0.200. The van der Waals surface area contributed by atoms with Crippen molar-refractivity contribution >= 4 is 62.1 Å². The lowest BCUT2D eigenvalue weighted by Crippen LogP contribution is -2.18. The molecule has 0 saturated heterocycles. The van der Waals surface area contributed by atoms with E-state index >= 15 is 0 Å². The van der Waals surface area contributed by atoms with Gasteiger partial charge in [0.25, 0.3) is 0 Å². The maximum atomic E-state index is 6.60. The second-order valence-electron chi connectivity index (χ2n) is 19.0. The van der Waals surface area contributed by atoms with E-state index in [1.165, 1.54) is 114 Å². The summed E-state index contributed by atoms with van der Waals surface area (Å²) in [5.41, 5.74) is 20.5. The highest BCUT2D eigenvalue weighted by Crippen LogP contribution is 2.54. The molecule has 0 spiro atoms. The Kier molecular flexibility index (Phi) is 9.91. The summed E-state index contributed by atoms with van der Waals surface area (Å²) < 4.78 is 2.44. The van der Waals surface area contributed by atoms with Gasteiger partial charge in [-0.15, -0.1) is 0 Å². The first kappa shape index (κ1) is 40.7. The lowest BCUT2D eigenvalue weighted by Gasteiger charge is -2.30. The number of halogens is 2. The smallest absolute Gasteiger partial charge is 0.0547 e. The Hall–Kier alpha value is -6.06. The molecule has 0 bridgehead atoms. The summed E-state index contributed by atoms with van der Waals surface area (Å²) in [6.07, 6.45) is 6.24. The van der Waals surface area contributed by atoms with Gasteiger partial charge >= 0.3 is 0 Å². The van der Waals surface area contributed by atoms with E-state index in [0.29, 0.717) is 0 Å². The number of hydrogen-bond donors (Lipinski definition) is 0. The highest BCUT2D eigenvalue weighted by molar-refractivity contribution is 6.31. The molecule has 11 rings (SSSR count). The minimum Gasteiger partial charge on any atom is -0.310 e. The van der Waals surface area contributed by atoms with Gasteiger partial charge < -0.3 is 9.47 Å². The van der Waals surface area contributed by atoms with E-state index in [9.17, 15) is 0 Å². The van der Waals surface area contributed by atoms with Crippen LogP contribution in [0.25, 0.3) is 60.9 Å². The molecule has 2 aliphatic rings. The molecule has 0 radical (unpaired) electrons.